The summed E-state index contributed by atoms with van der Waals surface area (Å²) in [6, 6.07) is 8.87. The topological polar surface area (TPSA) is 36.1 Å². The van der Waals surface area contributed by atoms with Crippen LogP contribution in [0.3, 0.4) is 0 Å². The third-order valence-corrected chi connectivity index (χ3v) is 7.32. The molecule has 0 saturated carbocycles. The molecule has 2 heterocycles. The first-order valence-electron chi connectivity index (χ1n) is 13.6. The highest BCUT2D eigenvalue weighted by Crippen LogP contribution is 2.26. The Morgan fingerprint density at radius 1 is 0.906 bits per heavy atom. The van der Waals surface area contributed by atoms with Gasteiger partial charge in [-0.2, -0.15) is 0 Å². The van der Waals surface area contributed by atoms with Crippen LogP contribution in [0, 0.1) is 0 Å². The first-order valence-corrected chi connectivity index (χ1v) is 13.6. The minimum atomic E-state index is 0.378. The third kappa shape index (κ3) is 7.98. The lowest BCUT2D eigenvalue weighted by molar-refractivity contribution is -0.132. The molecule has 1 fully saturated rings. The number of fused-ring (bicyclic) bond motifs is 1. The van der Waals surface area contributed by atoms with E-state index in [1.165, 1.54) is 93.5 Å². The van der Waals surface area contributed by atoms with Crippen LogP contribution in [0.1, 0.15) is 115 Å². The molecular formula is C29H46N2O. The van der Waals surface area contributed by atoms with Crippen molar-refractivity contribution in [2.45, 2.75) is 122 Å². The Morgan fingerprint density at radius 2 is 1.53 bits per heavy atom. The molecule has 32 heavy (non-hydrogen) atoms. The second kappa shape index (κ2) is 14.4. The highest BCUT2D eigenvalue weighted by Gasteiger charge is 2.28. The molecule has 3 rings (SSSR count). The van der Waals surface area contributed by atoms with Gasteiger partial charge in [0.25, 0.3) is 0 Å². The Morgan fingerprint density at radius 3 is 2.22 bits per heavy atom. The Kier molecular flexibility index (Phi) is 11.2. The lowest BCUT2D eigenvalue weighted by Crippen LogP contribution is -2.36. The first kappa shape index (κ1) is 24.9. The van der Waals surface area contributed by atoms with Crippen LogP contribution in [0.5, 0.6) is 0 Å². The van der Waals surface area contributed by atoms with Gasteiger partial charge in [0.1, 0.15) is 0 Å². The predicted octanol–water partition coefficient (Wildman–Crippen LogP) is 8.18. The molecular weight excluding hydrogens is 392 g/mol. The van der Waals surface area contributed by atoms with Crippen LogP contribution in [-0.4, -0.2) is 28.4 Å². The van der Waals surface area contributed by atoms with Crippen LogP contribution in [0.15, 0.2) is 30.5 Å². The number of unbranched alkanes of at least 4 members (excludes halogenated alkanes) is 12. The quantitative estimate of drug-likeness (QED) is 0.263. The summed E-state index contributed by atoms with van der Waals surface area (Å²) >= 11 is 0. The lowest BCUT2D eigenvalue weighted by Gasteiger charge is -2.25. The largest absolute Gasteiger partial charge is 0.361 e. The molecule has 0 aliphatic carbocycles. The number of hydrogen-bond acceptors (Lipinski definition) is 1. The molecule has 1 aliphatic rings. The fraction of sp³-hybridized carbons (Fsp3) is 0.690. The molecule has 3 nitrogen and oxygen atoms in total. The fourth-order valence-corrected chi connectivity index (χ4v) is 5.37. The number of benzene rings is 1. The Hall–Kier alpha value is -1.77. The van der Waals surface area contributed by atoms with Crippen LogP contribution < -0.4 is 0 Å². The van der Waals surface area contributed by atoms with E-state index in [0.717, 1.165) is 38.6 Å². The number of para-hydroxylation sites is 1. The fourth-order valence-electron chi connectivity index (χ4n) is 5.37. The molecule has 0 bridgehead atoms. The van der Waals surface area contributed by atoms with E-state index < -0.39 is 0 Å². The molecule has 0 unspecified atom stereocenters. The standard InChI is InChI=1S/C29H46N2O/c1-2-3-4-5-6-7-8-9-10-11-12-13-14-21-29(32)31-22-17-18-26(31)23-25-24-30-28-20-16-15-19-27(25)28/h15-16,19-20,24,26,30H,2-14,17-18,21-23H2,1H3/t26-/m1/s1. The van der Waals surface area contributed by atoms with Gasteiger partial charge in [0.15, 0.2) is 0 Å². The molecule has 1 saturated heterocycles. The first-order chi connectivity index (χ1) is 15.8. The molecule has 1 N–H and O–H groups in total. The highest BCUT2D eigenvalue weighted by molar-refractivity contribution is 5.83. The van der Waals surface area contributed by atoms with Crippen LogP contribution >= 0.6 is 0 Å². The van der Waals surface area contributed by atoms with Crippen molar-refractivity contribution in [3.63, 3.8) is 0 Å². The summed E-state index contributed by atoms with van der Waals surface area (Å²) in [5.41, 5.74) is 2.55. The number of carbonyl (C=O) groups excluding carboxylic acids is 1. The normalized spacial score (nSPS) is 16.3. The molecule has 1 amide bonds. The van der Waals surface area contributed by atoms with Gasteiger partial charge in [0, 0.05) is 36.1 Å². The highest BCUT2D eigenvalue weighted by atomic mass is 16.2. The van der Waals surface area contributed by atoms with Crippen molar-refractivity contribution in [2.75, 3.05) is 6.54 Å². The molecule has 3 heteroatoms. The van der Waals surface area contributed by atoms with Crippen LogP contribution in [0.25, 0.3) is 10.9 Å². The average Bonchev–Trinajstić information content (AvgIpc) is 3.44. The Balaban J connectivity index is 1.24. The van der Waals surface area contributed by atoms with E-state index in [2.05, 4.69) is 47.3 Å². The van der Waals surface area contributed by atoms with Crippen molar-refractivity contribution >= 4 is 16.8 Å². The van der Waals surface area contributed by atoms with Crippen molar-refractivity contribution in [3.05, 3.63) is 36.0 Å². The van der Waals surface area contributed by atoms with Crippen molar-refractivity contribution in [1.82, 2.24) is 9.88 Å². The predicted molar refractivity (Wildman–Crippen MR) is 137 cm³/mol. The summed E-state index contributed by atoms with van der Waals surface area (Å²) in [7, 11) is 0. The average molecular weight is 439 g/mol. The second-order valence-electron chi connectivity index (χ2n) is 9.94. The monoisotopic (exact) mass is 438 g/mol. The van der Waals surface area contributed by atoms with Crippen molar-refractivity contribution in [2.24, 2.45) is 0 Å². The van der Waals surface area contributed by atoms with Crippen LogP contribution in [0.4, 0.5) is 0 Å². The van der Waals surface area contributed by atoms with Gasteiger partial charge < -0.3 is 9.88 Å². The maximum atomic E-state index is 12.9. The van der Waals surface area contributed by atoms with Crippen molar-refractivity contribution in [3.8, 4) is 0 Å². The summed E-state index contributed by atoms with van der Waals surface area (Å²) in [6.45, 7) is 3.23. The molecule has 1 aromatic carbocycles. The summed E-state index contributed by atoms with van der Waals surface area (Å²) in [5, 5.41) is 1.31. The number of aromatic amines is 1. The summed E-state index contributed by atoms with van der Waals surface area (Å²) in [4.78, 5) is 18.4. The lowest BCUT2D eigenvalue weighted by atomic mass is 10.0. The van der Waals surface area contributed by atoms with E-state index in [4.69, 9.17) is 0 Å². The van der Waals surface area contributed by atoms with Crippen molar-refractivity contribution in [1.29, 1.82) is 0 Å². The Bertz CT molecular complexity index is 780. The van der Waals surface area contributed by atoms with Gasteiger partial charge in [-0.1, -0.05) is 102 Å². The van der Waals surface area contributed by atoms with E-state index >= 15 is 0 Å². The number of nitrogens with zero attached hydrogens (tertiary/aromatic N) is 1. The molecule has 2 aromatic rings. The van der Waals surface area contributed by atoms with Crippen LogP contribution in [-0.2, 0) is 11.2 Å². The summed E-state index contributed by atoms with van der Waals surface area (Å²) < 4.78 is 0. The molecule has 178 valence electrons. The van der Waals surface area contributed by atoms with Gasteiger partial charge >= 0.3 is 0 Å². The number of nitrogens with one attached hydrogen (secondary N) is 1. The molecule has 0 radical (unpaired) electrons. The van der Waals surface area contributed by atoms with E-state index in [-0.39, 0.29) is 0 Å². The number of aromatic nitrogens is 1. The van der Waals surface area contributed by atoms with Gasteiger partial charge in [-0.15, -0.1) is 0 Å². The number of hydrogen-bond donors (Lipinski definition) is 1. The van der Waals surface area contributed by atoms with Crippen LogP contribution in [0.2, 0.25) is 0 Å². The van der Waals surface area contributed by atoms with Gasteiger partial charge in [0.05, 0.1) is 0 Å². The van der Waals surface area contributed by atoms with Gasteiger partial charge in [-0.25, -0.2) is 0 Å². The smallest absolute Gasteiger partial charge is 0.222 e. The third-order valence-electron chi connectivity index (χ3n) is 7.32. The van der Waals surface area contributed by atoms with E-state index in [9.17, 15) is 4.79 Å². The van der Waals surface area contributed by atoms with Gasteiger partial charge in [-0.3, -0.25) is 4.79 Å². The summed E-state index contributed by atoms with van der Waals surface area (Å²) in [6.07, 6.45) is 23.7. The van der Waals surface area contributed by atoms with E-state index in [0.29, 0.717) is 11.9 Å². The number of carbonyl (C=O) groups is 1. The van der Waals surface area contributed by atoms with Crippen molar-refractivity contribution < 1.29 is 4.79 Å². The number of H-pyrrole nitrogens is 1. The van der Waals surface area contributed by atoms with E-state index in [1.807, 2.05) is 0 Å². The minimum Gasteiger partial charge on any atom is -0.361 e. The molecule has 0 spiro atoms. The summed E-state index contributed by atoms with van der Waals surface area (Å²) in [5.74, 6) is 0.385. The molecule has 1 aromatic heterocycles. The number of likely N-dealkylation sites (tertiary alicyclic amines) is 1. The Labute approximate surface area is 196 Å². The second-order valence-corrected chi connectivity index (χ2v) is 9.94. The SMILES string of the molecule is CCCCCCCCCCCCCCCC(=O)N1CCC[C@@H]1Cc1c[nH]c2ccccc12. The van der Waals surface area contributed by atoms with Gasteiger partial charge in [0.2, 0.25) is 5.91 Å². The molecule has 1 aliphatic heterocycles. The zero-order valence-corrected chi connectivity index (χ0v) is 20.5. The maximum absolute atomic E-state index is 12.9. The maximum Gasteiger partial charge on any atom is 0.222 e. The minimum absolute atomic E-state index is 0.378. The zero-order valence-electron chi connectivity index (χ0n) is 20.5. The number of rotatable bonds is 16. The van der Waals surface area contributed by atoms with Gasteiger partial charge in [-0.05, 0) is 37.3 Å². The molecule has 1 atom stereocenters. The van der Waals surface area contributed by atoms with E-state index in [1.54, 1.807) is 0 Å². The number of amides is 1. The zero-order chi connectivity index (χ0) is 22.4.